The van der Waals surface area contributed by atoms with Gasteiger partial charge in [0.05, 0.1) is 24.6 Å². The molecule has 1 saturated carbocycles. The number of carbonyl (C=O) groups is 4. The van der Waals surface area contributed by atoms with Crippen LogP contribution in [0.3, 0.4) is 0 Å². The lowest BCUT2D eigenvalue weighted by atomic mass is 10.00. The summed E-state index contributed by atoms with van der Waals surface area (Å²) in [5, 5.41) is 6.07. The maximum Gasteiger partial charge on any atom is 0.306 e. The highest BCUT2D eigenvalue weighted by Crippen LogP contribution is 2.40. The Kier molecular flexibility index (Phi) is 9.11. The summed E-state index contributed by atoms with van der Waals surface area (Å²) >= 11 is 0. The zero-order valence-corrected chi connectivity index (χ0v) is 25.0. The quantitative estimate of drug-likeness (QED) is 0.395. The Morgan fingerprint density at radius 2 is 1.86 bits per heavy atom. The van der Waals surface area contributed by atoms with Crippen molar-refractivity contribution in [2.45, 2.75) is 82.1 Å². The number of carbonyl (C=O) groups excluding carboxylic acids is 4. The lowest BCUT2D eigenvalue weighted by Crippen LogP contribution is -2.51. The predicted octanol–water partition coefficient (Wildman–Crippen LogP) is 3.05. The van der Waals surface area contributed by atoms with Crippen molar-refractivity contribution in [3.05, 3.63) is 59.4 Å². The topological polar surface area (TPSA) is 136 Å². The maximum atomic E-state index is 13.0. The molecule has 4 aliphatic rings. The van der Waals surface area contributed by atoms with E-state index >= 15 is 0 Å². The summed E-state index contributed by atoms with van der Waals surface area (Å²) in [5.41, 5.74) is 2.48. The first-order valence-electron chi connectivity index (χ1n) is 15.7. The van der Waals surface area contributed by atoms with Crippen molar-refractivity contribution < 1.29 is 33.4 Å². The van der Waals surface area contributed by atoms with Crippen molar-refractivity contribution in [3.63, 3.8) is 0 Å². The molecule has 1 aliphatic carbocycles. The average molecular weight is 605 g/mol. The van der Waals surface area contributed by atoms with Crippen molar-refractivity contribution in [2.24, 2.45) is 5.92 Å². The van der Waals surface area contributed by atoms with Crippen LogP contribution < -0.4 is 15.4 Å². The third-order valence-electron chi connectivity index (χ3n) is 8.87. The van der Waals surface area contributed by atoms with Crippen LogP contribution in [0.1, 0.15) is 85.5 Å². The van der Waals surface area contributed by atoms with E-state index in [1.807, 2.05) is 6.92 Å². The van der Waals surface area contributed by atoms with Gasteiger partial charge >= 0.3 is 5.97 Å². The van der Waals surface area contributed by atoms with Gasteiger partial charge < -0.3 is 29.7 Å². The van der Waals surface area contributed by atoms with Crippen LogP contribution in [0, 0.1) is 5.92 Å². The van der Waals surface area contributed by atoms with E-state index in [1.54, 1.807) is 17.0 Å². The molecule has 2 aromatic rings. The van der Waals surface area contributed by atoms with Crippen LogP contribution in [0.4, 0.5) is 0 Å². The Labute approximate surface area is 257 Å². The Bertz CT molecular complexity index is 1360. The number of ether oxygens (including phenoxy) is 3. The molecule has 5 atom stereocenters. The highest BCUT2D eigenvalue weighted by molar-refractivity contribution is 5.92. The number of likely N-dealkylation sites (tertiary alicyclic amines) is 1. The monoisotopic (exact) mass is 604 g/mol. The van der Waals surface area contributed by atoms with Crippen LogP contribution in [-0.2, 0) is 23.9 Å². The molecule has 3 saturated heterocycles. The number of nitrogens with zero attached hydrogens (tertiary/aromatic N) is 2. The van der Waals surface area contributed by atoms with E-state index in [-0.39, 0.29) is 54.5 Å². The molecule has 44 heavy (non-hydrogen) atoms. The smallest absolute Gasteiger partial charge is 0.306 e. The zero-order valence-electron chi connectivity index (χ0n) is 25.0. The van der Waals surface area contributed by atoms with E-state index < -0.39 is 18.1 Å². The Balaban J connectivity index is 1.08. The SMILES string of the molecule is CC(NC(=O)[C@H]1CCCO1)C(Oc1ccc(C(=O)N[C@H]2CCCN(C(=O)[C@H]3COC(=O)C3)C2)nc1)c1ccc(C2CC2)cc1. The number of rotatable bonds is 10. The van der Waals surface area contributed by atoms with E-state index in [0.717, 1.165) is 24.8 Å². The number of esters is 1. The van der Waals surface area contributed by atoms with Crippen LogP contribution in [0.25, 0.3) is 0 Å². The Morgan fingerprint density at radius 3 is 2.52 bits per heavy atom. The van der Waals surface area contributed by atoms with Gasteiger partial charge in [-0.1, -0.05) is 24.3 Å². The molecule has 0 radical (unpaired) electrons. The van der Waals surface area contributed by atoms with Crippen LogP contribution in [0.15, 0.2) is 42.6 Å². The molecule has 6 rings (SSSR count). The summed E-state index contributed by atoms with van der Waals surface area (Å²) in [4.78, 5) is 56.2. The number of hydrogen-bond acceptors (Lipinski definition) is 8. The number of nitrogens with one attached hydrogen (secondary N) is 2. The minimum Gasteiger partial charge on any atom is -0.482 e. The molecule has 11 nitrogen and oxygen atoms in total. The lowest BCUT2D eigenvalue weighted by molar-refractivity contribution is -0.138. The summed E-state index contributed by atoms with van der Waals surface area (Å²) in [6.45, 7) is 3.60. The van der Waals surface area contributed by atoms with Gasteiger partial charge in [-0.3, -0.25) is 19.2 Å². The highest BCUT2D eigenvalue weighted by atomic mass is 16.5. The first-order valence-corrected chi connectivity index (χ1v) is 15.7. The normalized spacial score (nSPS) is 24.7. The largest absolute Gasteiger partial charge is 0.482 e. The van der Waals surface area contributed by atoms with E-state index in [4.69, 9.17) is 14.2 Å². The van der Waals surface area contributed by atoms with Gasteiger partial charge in [0.1, 0.15) is 30.3 Å². The van der Waals surface area contributed by atoms with Crippen molar-refractivity contribution in [3.8, 4) is 5.75 Å². The zero-order chi connectivity index (χ0) is 30.6. The van der Waals surface area contributed by atoms with Crippen molar-refractivity contribution in [2.75, 3.05) is 26.3 Å². The summed E-state index contributed by atoms with van der Waals surface area (Å²) in [6, 6.07) is 11.1. The van der Waals surface area contributed by atoms with Gasteiger partial charge in [-0.05, 0) is 74.6 Å². The molecule has 3 aliphatic heterocycles. The second kappa shape index (κ2) is 13.3. The number of hydrogen-bond donors (Lipinski definition) is 2. The van der Waals surface area contributed by atoms with Gasteiger partial charge in [0, 0.05) is 25.7 Å². The minimum absolute atomic E-state index is 0.104. The van der Waals surface area contributed by atoms with Crippen LogP contribution in [0.5, 0.6) is 5.75 Å². The number of cyclic esters (lactones) is 1. The standard InChI is InChI=1S/C33H40N4O7/c1-20(35-32(40)28-5-3-15-42-28)30(23-10-8-22(9-11-23)21-6-7-21)44-26-12-13-27(34-17-26)31(39)36-25-4-2-14-37(18-25)33(41)24-16-29(38)43-19-24/h8-13,17,20-21,24-25,28,30H,2-7,14-16,18-19H2,1H3,(H,35,40)(H,36,39)/t20?,24-,25+,28-,30?/m1/s1. The predicted molar refractivity (Wildman–Crippen MR) is 159 cm³/mol. The number of benzene rings is 1. The van der Waals surface area contributed by atoms with E-state index in [0.29, 0.717) is 37.8 Å². The number of piperidine rings is 1. The van der Waals surface area contributed by atoms with E-state index in [1.165, 1.54) is 24.6 Å². The molecular weight excluding hydrogens is 564 g/mol. The summed E-state index contributed by atoms with van der Waals surface area (Å²) in [6.07, 6.45) is 6.21. The average Bonchev–Trinajstić information content (AvgIpc) is 3.55. The van der Waals surface area contributed by atoms with E-state index in [9.17, 15) is 19.2 Å². The molecule has 1 aromatic carbocycles. The van der Waals surface area contributed by atoms with Crippen molar-refractivity contribution in [1.29, 1.82) is 0 Å². The molecule has 1 aromatic heterocycles. The van der Waals surface area contributed by atoms with Crippen LogP contribution in [0.2, 0.25) is 0 Å². The summed E-state index contributed by atoms with van der Waals surface area (Å²) in [7, 11) is 0. The van der Waals surface area contributed by atoms with Gasteiger partial charge in [0.25, 0.3) is 5.91 Å². The highest BCUT2D eigenvalue weighted by Gasteiger charge is 2.35. The third-order valence-corrected chi connectivity index (χ3v) is 8.87. The number of pyridine rings is 1. The van der Waals surface area contributed by atoms with Crippen LogP contribution in [-0.4, -0.2) is 78.1 Å². The maximum absolute atomic E-state index is 13.0. The molecule has 234 valence electrons. The molecule has 0 bridgehead atoms. The minimum atomic E-state index is -0.485. The molecule has 4 fully saturated rings. The first-order chi connectivity index (χ1) is 21.3. The molecule has 2 N–H and O–H groups in total. The molecule has 3 amide bonds. The summed E-state index contributed by atoms with van der Waals surface area (Å²) in [5.74, 6) is -0.271. The van der Waals surface area contributed by atoms with Crippen molar-refractivity contribution >= 4 is 23.7 Å². The van der Waals surface area contributed by atoms with Gasteiger partial charge in [-0.25, -0.2) is 4.98 Å². The first kappa shape index (κ1) is 30.1. The number of aromatic nitrogens is 1. The van der Waals surface area contributed by atoms with Gasteiger partial charge in [-0.15, -0.1) is 0 Å². The summed E-state index contributed by atoms with van der Waals surface area (Å²) < 4.78 is 16.9. The molecule has 2 unspecified atom stereocenters. The molecule has 11 heteroatoms. The third kappa shape index (κ3) is 7.20. The number of amides is 3. The fourth-order valence-corrected chi connectivity index (χ4v) is 6.23. The van der Waals surface area contributed by atoms with Gasteiger partial charge in [0.15, 0.2) is 0 Å². The van der Waals surface area contributed by atoms with Crippen LogP contribution >= 0.6 is 0 Å². The van der Waals surface area contributed by atoms with Gasteiger partial charge in [0.2, 0.25) is 11.8 Å². The lowest BCUT2D eigenvalue weighted by Gasteiger charge is -2.34. The molecular formula is C33H40N4O7. The fourth-order valence-electron chi connectivity index (χ4n) is 6.23. The van der Waals surface area contributed by atoms with Gasteiger partial charge in [-0.2, -0.15) is 0 Å². The second-order valence-electron chi connectivity index (χ2n) is 12.3. The Hall–Kier alpha value is -3.99. The second-order valence-corrected chi connectivity index (χ2v) is 12.3. The van der Waals surface area contributed by atoms with Crippen molar-refractivity contribution in [1.82, 2.24) is 20.5 Å². The fraction of sp³-hybridized carbons (Fsp3) is 0.545. The molecule has 0 spiro atoms. The molecule has 4 heterocycles. The van der Waals surface area contributed by atoms with E-state index in [2.05, 4.69) is 39.9 Å². The Morgan fingerprint density at radius 1 is 1.05 bits per heavy atom.